The molecule has 0 radical (unpaired) electrons. The van der Waals surface area contributed by atoms with Crippen LogP contribution in [0.1, 0.15) is 66.7 Å². The second kappa shape index (κ2) is 12.0. The number of carbonyl (C=O) groups is 1. The standard InChI is InChI=1S/C35H43N3O/c1-26-9-7-12-29(21-26)24-36-35(39)33-25-37(34-14-6-5-13-32(33)34)19-8-20-38-30-17-18-31(38)23-28(22-30)16-15-27-10-3-2-4-11-27/h2-7,9-14,21,28,30-31,33H,8,15-20,22-25H2,1H3,(H,36,39). The summed E-state index contributed by atoms with van der Waals surface area (Å²) in [5.41, 5.74) is 6.29. The Morgan fingerprint density at radius 2 is 1.62 bits per heavy atom. The van der Waals surface area contributed by atoms with Gasteiger partial charge in [-0.25, -0.2) is 0 Å². The Hall–Kier alpha value is -3.11. The maximum atomic E-state index is 13.3. The van der Waals surface area contributed by atoms with Gasteiger partial charge in [0.2, 0.25) is 5.91 Å². The molecule has 3 aliphatic heterocycles. The van der Waals surface area contributed by atoms with Crippen molar-refractivity contribution in [3.8, 4) is 0 Å². The van der Waals surface area contributed by atoms with Crippen LogP contribution in [-0.2, 0) is 17.8 Å². The van der Waals surface area contributed by atoms with Gasteiger partial charge in [0.25, 0.3) is 0 Å². The van der Waals surface area contributed by atoms with E-state index in [0.29, 0.717) is 6.54 Å². The summed E-state index contributed by atoms with van der Waals surface area (Å²) in [5, 5.41) is 3.21. The lowest BCUT2D eigenvalue weighted by Crippen LogP contribution is -2.44. The average molecular weight is 522 g/mol. The number of piperidine rings is 1. The molecule has 2 fully saturated rings. The first-order valence-corrected chi connectivity index (χ1v) is 15.1. The molecule has 39 heavy (non-hydrogen) atoms. The van der Waals surface area contributed by atoms with Gasteiger partial charge >= 0.3 is 0 Å². The molecule has 0 spiro atoms. The van der Waals surface area contributed by atoms with Crippen molar-refractivity contribution < 1.29 is 4.79 Å². The van der Waals surface area contributed by atoms with Gasteiger partial charge in [0.15, 0.2) is 0 Å². The molecule has 3 aromatic rings. The molecule has 0 aromatic heterocycles. The molecule has 3 aliphatic rings. The third kappa shape index (κ3) is 6.06. The number of hydrogen-bond donors (Lipinski definition) is 1. The van der Waals surface area contributed by atoms with Crippen molar-refractivity contribution in [1.82, 2.24) is 10.2 Å². The Morgan fingerprint density at radius 1 is 0.872 bits per heavy atom. The zero-order chi connectivity index (χ0) is 26.6. The van der Waals surface area contributed by atoms with Crippen molar-refractivity contribution in [1.29, 1.82) is 0 Å². The fourth-order valence-corrected chi connectivity index (χ4v) is 7.50. The van der Waals surface area contributed by atoms with Crippen LogP contribution in [0.3, 0.4) is 0 Å². The zero-order valence-electron chi connectivity index (χ0n) is 23.4. The first-order valence-electron chi connectivity index (χ1n) is 15.1. The molecule has 0 aliphatic carbocycles. The van der Waals surface area contributed by atoms with Gasteiger partial charge in [-0.3, -0.25) is 9.69 Å². The van der Waals surface area contributed by atoms with E-state index in [2.05, 4.69) is 101 Å². The third-order valence-corrected chi connectivity index (χ3v) is 9.43. The van der Waals surface area contributed by atoms with Crippen LogP contribution in [0.25, 0.3) is 0 Å². The normalized spacial score (nSPS) is 24.1. The lowest BCUT2D eigenvalue weighted by atomic mass is 9.86. The van der Waals surface area contributed by atoms with Gasteiger partial charge in [-0.15, -0.1) is 0 Å². The summed E-state index contributed by atoms with van der Waals surface area (Å²) in [7, 11) is 0. The monoisotopic (exact) mass is 521 g/mol. The summed E-state index contributed by atoms with van der Waals surface area (Å²) in [4.78, 5) is 18.6. The van der Waals surface area contributed by atoms with Crippen LogP contribution < -0.4 is 10.2 Å². The summed E-state index contributed by atoms with van der Waals surface area (Å²) < 4.78 is 0. The smallest absolute Gasteiger partial charge is 0.229 e. The van der Waals surface area contributed by atoms with Crippen LogP contribution in [0.5, 0.6) is 0 Å². The van der Waals surface area contributed by atoms with Crippen LogP contribution in [0, 0.1) is 12.8 Å². The number of benzene rings is 3. The molecular formula is C35H43N3O. The van der Waals surface area contributed by atoms with E-state index in [9.17, 15) is 4.79 Å². The van der Waals surface area contributed by atoms with Crippen LogP contribution >= 0.6 is 0 Å². The van der Waals surface area contributed by atoms with Crippen molar-refractivity contribution in [2.75, 3.05) is 24.5 Å². The zero-order valence-corrected chi connectivity index (χ0v) is 23.4. The maximum absolute atomic E-state index is 13.3. The Kier molecular flexibility index (Phi) is 8.01. The molecule has 3 atom stereocenters. The number of para-hydroxylation sites is 1. The number of anilines is 1. The second-order valence-corrected chi connectivity index (χ2v) is 12.1. The van der Waals surface area contributed by atoms with Gasteiger partial charge < -0.3 is 10.2 Å². The van der Waals surface area contributed by atoms with E-state index in [1.54, 1.807) is 0 Å². The topological polar surface area (TPSA) is 35.6 Å². The van der Waals surface area contributed by atoms with Crippen LogP contribution in [0.4, 0.5) is 5.69 Å². The first kappa shape index (κ1) is 26.1. The molecule has 3 heterocycles. The molecule has 2 saturated heterocycles. The minimum Gasteiger partial charge on any atom is -0.370 e. The Bertz CT molecular complexity index is 1240. The fraction of sp³-hybridized carbons (Fsp3) is 0.457. The first-order chi connectivity index (χ1) is 19.1. The lowest BCUT2D eigenvalue weighted by molar-refractivity contribution is -0.122. The predicted molar refractivity (Wildman–Crippen MR) is 160 cm³/mol. The molecule has 0 saturated carbocycles. The quantitative estimate of drug-likeness (QED) is 0.332. The van der Waals surface area contributed by atoms with E-state index < -0.39 is 0 Å². The van der Waals surface area contributed by atoms with Crippen LogP contribution in [0.15, 0.2) is 78.9 Å². The maximum Gasteiger partial charge on any atom is 0.229 e. The summed E-state index contributed by atoms with van der Waals surface area (Å²) in [6.07, 6.45) is 9.22. The molecule has 1 amide bonds. The predicted octanol–water partition coefficient (Wildman–Crippen LogP) is 6.48. The van der Waals surface area contributed by atoms with Crippen LogP contribution in [-0.4, -0.2) is 42.5 Å². The summed E-state index contributed by atoms with van der Waals surface area (Å²) in [5.74, 6) is 0.924. The van der Waals surface area contributed by atoms with E-state index in [1.165, 1.54) is 67.4 Å². The highest BCUT2D eigenvalue weighted by Crippen LogP contribution is 2.41. The van der Waals surface area contributed by atoms with Crippen molar-refractivity contribution >= 4 is 11.6 Å². The Balaban J connectivity index is 0.999. The van der Waals surface area contributed by atoms with Crippen molar-refractivity contribution in [3.63, 3.8) is 0 Å². The second-order valence-electron chi connectivity index (χ2n) is 12.1. The number of carbonyl (C=O) groups excluding carboxylic acids is 1. The van der Waals surface area contributed by atoms with Crippen molar-refractivity contribution in [3.05, 3.63) is 101 Å². The largest absolute Gasteiger partial charge is 0.370 e. The number of nitrogens with zero attached hydrogens (tertiary/aromatic N) is 2. The van der Waals surface area contributed by atoms with E-state index in [4.69, 9.17) is 0 Å². The lowest BCUT2D eigenvalue weighted by Gasteiger charge is -2.39. The van der Waals surface area contributed by atoms with Gasteiger partial charge in [0.1, 0.15) is 0 Å². The highest BCUT2D eigenvalue weighted by atomic mass is 16.1. The minimum absolute atomic E-state index is 0.0949. The molecule has 204 valence electrons. The van der Waals surface area contributed by atoms with Crippen LogP contribution in [0.2, 0.25) is 0 Å². The molecule has 2 bridgehead atoms. The number of aryl methyl sites for hydroxylation is 2. The van der Waals surface area contributed by atoms with Gasteiger partial charge in [0.05, 0.1) is 5.92 Å². The third-order valence-electron chi connectivity index (χ3n) is 9.43. The van der Waals surface area contributed by atoms with Gasteiger partial charge in [-0.1, -0.05) is 78.4 Å². The number of rotatable bonds is 10. The Labute approximate surface area is 234 Å². The molecule has 1 N–H and O–H groups in total. The SMILES string of the molecule is Cc1cccc(CNC(=O)C2CN(CCCN3C4CCC3CC(CCc3ccccc3)C4)c3ccccc32)c1. The molecule has 4 nitrogen and oxygen atoms in total. The molecule has 6 rings (SSSR count). The summed E-state index contributed by atoms with van der Waals surface area (Å²) in [6, 6.07) is 29.5. The van der Waals surface area contributed by atoms with Gasteiger partial charge in [-0.05, 0) is 80.5 Å². The van der Waals surface area contributed by atoms with E-state index in [-0.39, 0.29) is 11.8 Å². The summed E-state index contributed by atoms with van der Waals surface area (Å²) in [6.45, 7) is 5.67. The minimum atomic E-state index is -0.0949. The van der Waals surface area contributed by atoms with E-state index >= 15 is 0 Å². The molecular weight excluding hydrogens is 478 g/mol. The molecule has 3 aromatic carbocycles. The average Bonchev–Trinajstić information content (AvgIpc) is 3.44. The molecule has 4 heteroatoms. The number of fused-ring (bicyclic) bond motifs is 3. The fourth-order valence-electron chi connectivity index (χ4n) is 7.50. The van der Waals surface area contributed by atoms with Gasteiger partial charge in [-0.2, -0.15) is 0 Å². The number of hydrogen-bond acceptors (Lipinski definition) is 3. The highest BCUT2D eigenvalue weighted by Gasteiger charge is 2.40. The Morgan fingerprint density at radius 3 is 2.41 bits per heavy atom. The summed E-state index contributed by atoms with van der Waals surface area (Å²) >= 11 is 0. The molecule has 3 unspecified atom stereocenters. The van der Waals surface area contributed by atoms with E-state index in [0.717, 1.165) is 43.1 Å². The highest BCUT2D eigenvalue weighted by molar-refractivity contribution is 5.88. The van der Waals surface area contributed by atoms with Crippen molar-refractivity contribution in [2.24, 2.45) is 5.92 Å². The van der Waals surface area contributed by atoms with Crippen molar-refractivity contribution in [2.45, 2.75) is 76.4 Å². The van der Waals surface area contributed by atoms with Gasteiger partial charge in [0, 0.05) is 44.0 Å². The number of nitrogens with one attached hydrogen (secondary N) is 1. The number of amides is 1. The van der Waals surface area contributed by atoms with E-state index in [1.807, 2.05) is 0 Å².